The number of phenols is 1. The maximum Gasteiger partial charge on any atom is 0.117 e. The van der Waals surface area contributed by atoms with Gasteiger partial charge in [0.2, 0.25) is 0 Å². The molecular weight excluding hydrogens is 260 g/mol. The molecule has 1 aromatic carbocycles. The first-order valence-corrected chi connectivity index (χ1v) is 7.26. The molecule has 1 unspecified atom stereocenters. The van der Waals surface area contributed by atoms with Crippen LogP contribution in [0, 0.1) is 11.3 Å². The minimum absolute atomic E-state index is 0.0346. The molecule has 0 radical (unpaired) electrons. The molecule has 2 aliphatic carbocycles. The van der Waals surface area contributed by atoms with Gasteiger partial charge < -0.3 is 10.2 Å². The fourth-order valence-electron chi connectivity index (χ4n) is 3.59. The summed E-state index contributed by atoms with van der Waals surface area (Å²) < 4.78 is 0. The molecule has 1 fully saturated rings. The number of rotatable bonds is 1. The molecule has 0 amide bonds. The van der Waals surface area contributed by atoms with Crippen LogP contribution in [0.1, 0.15) is 38.2 Å². The summed E-state index contributed by atoms with van der Waals surface area (Å²) in [6, 6.07) is 5.16. The Hall–Kier alpha value is -0.990. The first kappa shape index (κ1) is 13.0. The van der Waals surface area contributed by atoms with E-state index < -0.39 is 0 Å². The molecule has 3 rings (SSSR count). The van der Waals surface area contributed by atoms with Crippen LogP contribution in [0.5, 0.6) is 5.75 Å². The van der Waals surface area contributed by atoms with E-state index in [9.17, 15) is 10.2 Å². The molecule has 102 valence electrons. The van der Waals surface area contributed by atoms with Gasteiger partial charge in [-0.15, -0.1) is 0 Å². The van der Waals surface area contributed by atoms with Crippen LogP contribution in [0.25, 0.3) is 5.57 Å². The van der Waals surface area contributed by atoms with Gasteiger partial charge in [-0.2, -0.15) is 0 Å². The van der Waals surface area contributed by atoms with Crippen LogP contribution in [0.15, 0.2) is 24.3 Å². The predicted octanol–water partition coefficient (Wildman–Crippen LogP) is 4.00. The Kier molecular flexibility index (Phi) is 3.11. The van der Waals surface area contributed by atoms with E-state index in [1.165, 1.54) is 5.57 Å². The second-order valence-electron chi connectivity index (χ2n) is 6.06. The molecule has 1 saturated carbocycles. The van der Waals surface area contributed by atoms with Crippen LogP contribution in [-0.4, -0.2) is 16.3 Å². The minimum atomic E-state index is -0.175. The van der Waals surface area contributed by atoms with E-state index in [1.54, 1.807) is 12.1 Å². The molecule has 0 spiro atoms. The number of hydrogen-bond acceptors (Lipinski definition) is 2. The fourth-order valence-corrected chi connectivity index (χ4v) is 3.88. The van der Waals surface area contributed by atoms with E-state index >= 15 is 0 Å². The van der Waals surface area contributed by atoms with Gasteiger partial charge in [0.15, 0.2) is 0 Å². The summed E-state index contributed by atoms with van der Waals surface area (Å²) >= 11 is 6.22. The summed E-state index contributed by atoms with van der Waals surface area (Å²) in [5.74, 6) is 0.641. The lowest BCUT2D eigenvalue weighted by molar-refractivity contribution is 0.0419. The highest BCUT2D eigenvalue weighted by Gasteiger charge is 2.46. The molecule has 2 aliphatic rings. The minimum Gasteiger partial charge on any atom is -0.508 e. The fraction of sp³-hybridized carbons (Fsp3) is 0.500. The van der Waals surface area contributed by atoms with E-state index in [0.717, 1.165) is 31.2 Å². The summed E-state index contributed by atoms with van der Waals surface area (Å²) in [6.07, 6.45) is 6.00. The molecule has 3 heteroatoms. The Morgan fingerprint density at radius 3 is 2.84 bits per heavy atom. The lowest BCUT2D eigenvalue weighted by atomic mass is 9.69. The molecule has 2 nitrogen and oxygen atoms in total. The molecule has 0 bridgehead atoms. The van der Waals surface area contributed by atoms with Gasteiger partial charge in [0.25, 0.3) is 0 Å². The van der Waals surface area contributed by atoms with Gasteiger partial charge in [-0.05, 0) is 60.9 Å². The summed E-state index contributed by atoms with van der Waals surface area (Å²) in [5, 5.41) is 20.2. The molecular formula is C16H19ClO2. The number of benzene rings is 1. The first-order chi connectivity index (χ1) is 9.00. The number of phenolic OH excluding ortho intramolecular Hbond substituents is 1. The van der Waals surface area contributed by atoms with Crippen molar-refractivity contribution in [1.82, 2.24) is 0 Å². The van der Waals surface area contributed by atoms with Crippen LogP contribution in [0.4, 0.5) is 0 Å². The number of allylic oxidation sites excluding steroid dienone is 2. The van der Waals surface area contributed by atoms with Crippen molar-refractivity contribution in [2.24, 2.45) is 11.3 Å². The maximum atomic E-state index is 10.1. The van der Waals surface area contributed by atoms with Crippen LogP contribution in [0.2, 0.25) is 5.02 Å². The van der Waals surface area contributed by atoms with Crippen LogP contribution < -0.4 is 0 Å². The normalized spacial score (nSPS) is 33.9. The maximum absolute atomic E-state index is 10.1. The Morgan fingerprint density at radius 2 is 2.11 bits per heavy atom. The molecule has 3 atom stereocenters. The highest BCUT2D eigenvalue weighted by molar-refractivity contribution is 6.32. The molecule has 0 heterocycles. The average Bonchev–Trinajstić information content (AvgIpc) is 2.66. The highest BCUT2D eigenvalue weighted by Crippen LogP contribution is 2.52. The smallest absolute Gasteiger partial charge is 0.117 e. The molecule has 0 aromatic heterocycles. The summed E-state index contributed by atoms with van der Waals surface area (Å²) in [4.78, 5) is 0. The number of halogens is 1. The van der Waals surface area contributed by atoms with Crippen molar-refractivity contribution in [2.45, 2.75) is 38.7 Å². The zero-order chi connectivity index (χ0) is 13.6. The first-order valence-electron chi connectivity index (χ1n) is 6.88. The van der Waals surface area contributed by atoms with Crippen molar-refractivity contribution >= 4 is 17.2 Å². The van der Waals surface area contributed by atoms with Crippen molar-refractivity contribution in [1.29, 1.82) is 0 Å². The van der Waals surface area contributed by atoms with Gasteiger partial charge in [-0.25, -0.2) is 0 Å². The van der Waals surface area contributed by atoms with Crippen molar-refractivity contribution < 1.29 is 10.2 Å². The summed E-state index contributed by atoms with van der Waals surface area (Å²) in [6.45, 7) is 2.20. The highest BCUT2D eigenvalue weighted by atomic mass is 35.5. The average molecular weight is 279 g/mol. The van der Waals surface area contributed by atoms with Crippen LogP contribution in [0.3, 0.4) is 0 Å². The lowest BCUT2D eigenvalue weighted by Crippen LogP contribution is -2.33. The SMILES string of the molecule is C[C@]12CCC(c3ccc(O)cc3Cl)=CC1CC[C@@H]2O. The van der Waals surface area contributed by atoms with Crippen LogP contribution in [-0.2, 0) is 0 Å². The monoisotopic (exact) mass is 278 g/mol. The second-order valence-corrected chi connectivity index (χ2v) is 6.47. The molecule has 1 aromatic rings. The van der Waals surface area contributed by atoms with Gasteiger partial charge in [0.1, 0.15) is 5.75 Å². The van der Waals surface area contributed by atoms with Crippen molar-refractivity contribution in [3.63, 3.8) is 0 Å². The van der Waals surface area contributed by atoms with Crippen molar-refractivity contribution in [3.8, 4) is 5.75 Å². The lowest BCUT2D eigenvalue weighted by Gasteiger charge is -2.37. The number of fused-ring (bicyclic) bond motifs is 1. The van der Waals surface area contributed by atoms with E-state index in [2.05, 4.69) is 13.0 Å². The van der Waals surface area contributed by atoms with Gasteiger partial charge in [0, 0.05) is 5.41 Å². The third-order valence-electron chi connectivity index (χ3n) is 4.99. The van der Waals surface area contributed by atoms with Gasteiger partial charge in [0.05, 0.1) is 11.1 Å². The Bertz CT molecular complexity index is 538. The number of aromatic hydroxyl groups is 1. The van der Waals surface area contributed by atoms with E-state index in [-0.39, 0.29) is 17.3 Å². The molecule has 2 N–H and O–H groups in total. The third kappa shape index (κ3) is 2.07. The summed E-state index contributed by atoms with van der Waals surface area (Å²) in [5.41, 5.74) is 2.30. The van der Waals surface area contributed by atoms with E-state index in [1.807, 2.05) is 6.07 Å². The van der Waals surface area contributed by atoms with E-state index in [4.69, 9.17) is 11.6 Å². The third-order valence-corrected chi connectivity index (χ3v) is 5.31. The summed E-state index contributed by atoms with van der Waals surface area (Å²) in [7, 11) is 0. The van der Waals surface area contributed by atoms with Crippen LogP contribution >= 0.6 is 11.6 Å². The Labute approximate surface area is 118 Å². The molecule has 0 aliphatic heterocycles. The zero-order valence-electron chi connectivity index (χ0n) is 11.1. The van der Waals surface area contributed by atoms with Gasteiger partial charge in [-0.1, -0.05) is 24.6 Å². The molecule has 0 saturated heterocycles. The molecule has 19 heavy (non-hydrogen) atoms. The topological polar surface area (TPSA) is 40.5 Å². The largest absolute Gasteiger partial charge is 0.508 e. The second kappa shape index (κ2) is 4.53. The van der Waals surface area contributed by atoms with Gasteiger partial charge >= 0.3 is 0 Å². The van der Waals surface area contributed by atoms with Gasteiger partial charge in [-0.3, -0.25) is 0 Å². The number of aliphatic hydroxyl groups is 1. The predicted molar refractivity (Wildman–Crippen MR) is 77.2 cm³/mol. The Balaban J connectivity index is 1.96. The van der Waals surface area contributed by atoms with E-state index in [0.29, 0.717) is 10.9 Å². The zero-order valence-corrected chi connectivity index (χ0v) is 11.8. The standard InChI is InChI=1S/C16H19ClO2/c1-16-7-6-10(8-11(16)2-5-15(16)19)13-4-3-12(18)9-14(13)17/h3-4,8-9,11,15,18-19H,2,5-7H2,1H3/t11?,15-,16-/m0/s1. The number of aliphatic hydroxyl groups excluding tert-OH is 1. The quantitative estimate of drug-likeness (QED) is 0.815. The Morgan fingerprint density at radius 1 is 1.32 bits per heavy atom. The van der Waals surface area contributed by atoms with Crippen molar-refractivity contribution in [2.75, 3.05) is 0 Å². The number of hydrogen-bond donors (Lipinski definition) is 2. The van der Waals surface area contributed by atoms with Crippen molar-refractivity contribution in [3.05, 3.63) is 34.9 Å².